The first-order valence-corrected chi connectivity index (χ1v) is 12.4. The van der Waals surface area contributed by atoms with E-state index in [-0.39, 0.29) is 28.6 Å². The van der Waals surface area contributed by atoms with Crippen molar-refractivity contribution in [3.05, 3.63) is 60.2 Å². The van der Waals surface area contributed by atoms with Crippen molar-refractivity contribution in [2.75, 3.05) is 18.4 Å². The average molecular weight is 445 g/mol. The second kappa shape index (κ2) is 10.3. The van der Waals surface area contributed by atoms with Gasteiger partial charge in [-0.05, 0) is 42.5 Å². The predicted molar refractivity (Wildman–Crippen MR) is 123 cm³/mol. The van der Waals surface area contributed by atoms with Crippen LogP contribution in [0.3, 0.4) is 0 Å². The van der Waals surface area contributed by atoms with E-state index < -0.39 is 15.9 Å². The van der Waals surface area contributed by atoms with Crippen molar-refractivity contribution in [3.8, 4) is 0 Å². The van der Waals surface area contributed by atoms with Crippen LogP contribution < -0.4 is 5.32 Å². The normalized spacial score (nSPS) is 15.7. The minimum absolute atomic E-state index is 0.147. The first kappa shape index (κ1) is 23.3. The topological polar surface area (TPSA) is 86.7 Å². The smallest absolute Gasteiger partial charge is 0.321 e. The SMILES string of the molecule is CC(C)CN(CC(O)c1ccccc1)C(=O)Nc1cccc(S(=O)(=O)C2CCCC2)c1. The van der Waals surface area contributed by atoms with Crippen molar-refractivity contribution in [3.63, 3.8) is 0 Å². The number of aliphatic hydroxyl groups excluding tert-OH is 1. The number of urea groups is 1. The molecule has 2 amide bonds. The molecular formula is C24H32N2O4S. The molecule has 31 heavy (non-hydrogen) atoms. The van der Waals surface area contributed by atoms with Crippen LogP contribution in [0.4, 0.5) is 10.5 Å². The number of hydrogen-bond acceptors (Lipinski definition) is 4. The monoisotopic (exact) mass is 444 g/mol. The Bertz CT molecular complexity index is 970. The quantitative estimate of drug-likeness (QED) is 0.622. The molecule has 6 nitrogen and oxygen atoms in total. The van der Waals surface area contributed by atoms with Gasteiger partial charge in [-0.15, -0.1) is 0 Å². The zero-order valence-corrected chi connectivity index (χ0v) is 19.0. The Morgan fingerprint density at radius 2 is 1.74 bits per heavy atom. The summed E-state index contributed by atoms with van der Waals surface area (Å²) in [6.45, 7) is 4.62. The summed E-state index contributed by atoms with van der Waals surface area (Å²) in [7, 11) is -3.40. The maximum absolute atomic E-state index is 13.0. The number of anilines is 1. The van der Waals surface area contributed by atoms with Gasteiger partial charge in [0.1, 0.15) is 0 Å². The van der Waals surface area contributed by atoms with Crippen molar-refractivity contribution in [1.82, 2.24) is 4.90 Å². The molecule has 1 aliphatic rings. The fraction of sp³-hybridized carbons (Fsp3) is 0.458. The maximum Gasteiger partial charge on any atom is 0.321 e. The molecule has 0 heterocycles. The second-order valence-electron chi connectivity index (χ2n) is 8.63. The van der Waals surface area contributed by atoms with E-state index in [1.807, 2.05) is 44.2 Å². The third-order valence-electron chi connectivity index (χ3n) is 5.61. The number of sulfone groups is 1. The van der Waals surface area contributed by atoms with E-state index in [9.17, 15) is 18.3 Å². The third kappa shape index (κ3) is 6.08. The van der Waals surface area contributed by atoms with Crippen LogP contribution in [0.2, 0.25) is 0 Å². The van der Waals surface area contributed by atoms with Gasteiger partial charge in [-0.1, -0.05) is 63.1 Å². The van der Waals surface area contributed by atoms with Crippen molar-refractivity contribution >= 4 is 21.6 Å². The first-order chi connectivity index (χ1) is 14.8. The molecule has 0 aromatic heterocycles. The zero-order valence-electron chi connectivity index (χ0n) is 18.2. The molecule has 3 rings (SSSR count). The first-order valence-electron chi connectivity index (χ1n) is 10.9. The van der Waals surface area contributed by atoms with E-state index in [4.69, 9.17) is 0 Å². The van der Waals surface area contributed by atoms with Crippen LogP contribution in [-0.4, -0.2) is 42.8 Å². The van der Waals surface area contributed by atoms with Crippen LogP contribution >= 0.6 is 0 Å². The average Bonchev–Trinajstić information content (AvgIpc) is 3.29. The second-order valence-corrected chi connectivity index (χ2v) is 10.9. The molecule has 0 aliphatic heterocycles. The van der Waals surface area contributed by atoms with Gasteiger partial charge in [-0.3, -0.25) is 0 Å². The van der Waals surface area contributed by atoms with E-state index >= 15 is 0 Å². The Kier molecular flexibility index (Phi) is 7.73. The summed E-state index contributed by atoms with van der Waals surface area (Å²) in [5.41, 5.74) is 1.18. The lowest BCUT2D eigenvalue weighted by molar-refractivity contribution is 0.121. The van der Waals surface area contributed by atoms with Crippen molar-refractivity contribution in [2.24, 2.45) is 5.92 Å². The Hall–Kier alpha value is -2.38. The molecule has 168 valence electrons. The number of nitrogens with one attached hydrogen (secondary N) is 1. The van der Waals surface area contributed by atoms with Gasteiger partial charge in [0, 0.05) is 12.2 Å². The van der Waals surface area contributed by atoms with Gasteiger partial charge >= 0.3 is 6.03 Å². The molecule has 7 heteroatoms. The number of carbonyl (C=O) groups is 1. The Labute approximate surface area is 185 Å². The van der Waals surface area contributed by atoms with Crippen molar-refractivity contribution in [1.29, 1.82) is 0 Å². The van der Waals surface area contributed by atoms with Crippen molar-refractivity contribution in [2.45, 2.75) is 55.8 Å². The fourth-order valence-electron chi connectivity index (χ4n) is 4.01. The molecule has 1 saturated carbocycles. The predicted octanol–water partition coefficient (Wildman–Crippen LogP) is 4.63. The van der Waals surface area contributed by atoms with Crippen LogP contribution in [0, 0.1) is 5.92 Å². The summed E-state index contributed by atoms with van der Waals surface area (Å²) in [4.78, 5) is 14.8. The summed E-state index contributed by atoms with van der Waals surface area (Å²) in [5, 5.41) is 13.1. The van der Waals surface area contributed by atoms with E-state index in [1.165, 1.54) is 6.07 Å². The van der Waals surface area contributed by atoms with Crippen LogP contribution in [0.1, 0.15) is 51.2 Å². The van der Waals surface area contributed by atoms with Gasteiger partial charge in [0.15, 0.2) is 9.84 Å². The fourth-order valence-corrected chi connectivity index (χ4v) is 5.91. The minimum atomic E-state index is -3.40. The standard InChI is InChI=1S/C24H32N2O4S/c1-18(2)16-26(17-23(27)19-9-4-3-5-10-19)24(28)25-20-11-8-14-22(15-20)31(29,30)21-12-6-7-13-21/h3-5,8-11,14-15,18,21,23,27H,6-7,12-13,16-17H2,1-2H3,(H,25,28). The lowest BCUT2D eigenvalue weighted by Crippen LogP contribution is -2.40. The van der Waals surface area contributed by atoms with Crippen LogP contribution in [-0.2, 0) is 9.84 Å². The summed E-state index contributed by atoms with van der Waals surface area (Å²) in [6.07, 6.45) is 2.46. The van der Waals surface area contributed by atoms with E-state index in [2.05, 4.69) is 5.32 Å². The van der Waals surface area contributed by atoms with Crippen LogP contribution in [0.25, 0.3) is 0 Å². The largest absolute Gasteiger partial charge is 0.387 e. The molecule has 1 fully saturated rings. The number of rotatable bonds is 8. The van der Waals surface area contributed by atoms with Crippen LogP contribution in [0.15, 0.2) is 59.5 Å². The Morgan fingerprint density at radius 3 is 2.39 bits per heavy atom. The number of aliphatic hydroxyl groups is 1. The van der Waals surface area contributed by atoms with Crippen LogP contribution in [0.5, 0.6) is 0 Å². The number of benzene rings is 2. The maximum atomic E-state index is 13.0. The summed E-state index contributed by atoms with van der Waals surface area (Å²) in [6, 6.07) is 15.3. The van der Waals surface area contributed by atoms with Gasteiger partial charge in [-0.25, -0.2) is 13.2 Å². The molecule has 2 aromatic carbocycles. The van der Waals surface area contributed by atoms with Gasteiger partial charge in [-0.2, -0.15) is 0 Å². The van der Waals surface area contributed by atoms with Gasteiger partial charge in [0.05, 0.1) is 22.8 Å². The highest BCUT2D eigenvalue weighted by Gasteiger charge is 2.30. The highest BCUT2D eigenvalue weighted by Crippen LogP contribution is 2.30. The number of carbonyl (C=O) groups excluding carboxylic acids is 1. The summed E-state index contributed by atoms with van der Waals surface area (Å²) >= 11 is 0. The van der Waals surface area contributed by atoms with Gasteiger partial charge in [0.2, 0.25) is 0 Å². The molecule has 0 saturated heterocycles. The lowest BCUT2D eigenvalue weighted by Gasteiger charge is -2.27. The molecule has 0 radical (unpaired) electrons. The van der Waals surface area contributed by atoms with Gasteiger partial charge < -0.3 is 15.3 Å². The van der Waals surface area contributed by atoms with Crippen molar-refractivity contribution < 1.29 is 18.3 Å². The van der Waals surface area contributed by atoms with Gasteiger partial charge in [0.25, 0.3) is 0 Å². The summed E-state index contributed by atoms with van der Waals surface area (Å²) in [5.74, 6) is 0.211. The minimum Gasteiger partial charge on any atom is -0.387 e. The third-order valence-corrected chi connectivity index (χ3v) is 7.87. The molecule has 2 aromatic rings. The molecule has 1 aliphatic carbocycles. The summed E-state index contributed by atoms with van der Waals surface area (Å²) < 4.78 is 25.8. The Balaban J connectivity index is 1.74. The molecule has 2 N–H and O–H groups in total. The zero-order chi connectivity index (χ0) is 22.4. The van der Waals surface area contributed by atoms with E-state index in [1.54, 1.807) is 23.1 Å². The number of hydrogen-bond donors (Lipinski definition) is 2. The number of nitrogens with zero attached hydrogens (tertiary/aromatic N) is 1. The highest BCUT2D eigenvalue weighted by molar-refractivity contribution is 7.92. The molecular weight excluding hydrogens is 412 g/mol. The van der Waals surface area contributed by atoms with E-state index in [0.717, 1.165) is 18.4 Å². The lowest BCUT2D eigenvalue weighted by atomic mass is 10.1. The van der Waals surface area contributed by atoms with E-state index in [0.29, 0.717) is 25.1 Å². The molecule has 0 bridgehead atoms. The highest BCUT2D eigenvalue weighted by atomic mass is 32.2. The molecule has 1 unspecified atom stereocenters. The Morgan fingerprint density at radius 1 is 1.06 bits per heavy atom. The molecule has 0 spiro atoms. The number of amides is 2. The molecule has 1 atom stereocenters.